The number of hydrogen-bond donors (Lipinski definition) is 4. The van der Waals surface area contributed by atoms with Gasteiger partial charge in [-0.1, -0.05) is 19.1 Å². The normalized spacial score (nSPS) is 19.5. The molecule has 3 aliphatic heterocycles. The van der Waals surface area contributed by atoms with Crippen LogP contribution in [-0.2, 0) is 11.3 Å². The quantitative estimate of drug-likeness (QED) is 0.596. The number of morpholine rings is 1. The van der Waals surface area contributed by atoms with Gasteiger partial charge in [-0.3, -0.25) is 0 Å². The molecule has 0 unspecified atom stereocenters. The van der Waals surface area contributed by atoms with Gasteiger partial charge in [0.2, 0.25) is 0 Å². The van der Waals surface area contributed by atoms with Crippen molar-refractivity contribution >= 4 is 22.9 Å². The summed E-state index contributed by atoms with van der Waals surface area (Å²) in [5.41, 5.74) is 22.3. The fourth-order valence-corrected chi connectivity index (χ4v) is 4.49. The average molecular weight is 431 g/mol. The van der Waals surface area contributed by atoms with Gasteiger partial charge in [0.1, 0.15) is 5.84 Å². The van der Waals surface area contributed by atoms with Crippen molar-refractivity contribution in [3.05, 3.63) is 76.1 Å². The van der Waals surface area contributed by atoms with Crippen molar-refractivity contribution in [2.24, 2.45) is 10.7 Å². The summed E-state index contributed by atoms with van der Waals surface area (Å²) in [4.78, 5) is 7.40. The summed E-state index contributed by atoms with van der Waals surface area (Å²) in [6.07, 6.45) is 3.01. The van der Waals surface area contributed by atoms with E-state index < -0.39 is 0 Å². The number of nitrogens with zero attached hydrogens (tertiary/aromatic N) is 2. The number of nitrogens with two attached hydrogens (primary N) is 1. The van der Waals surface area contributed by atoms with Crippen LogP contribution in [0.2, 0.25) is 0 Å². The first-order valence-corrected chi connectivity index (χ1v) is 11.3. The third kappa shape index (κ3) is 3.74. The second-order valence-corrected chi connectivity index (χ2v) is 8.28. The lowest BCUT2D eigenvalue weighted by atomic mass is 9.95. The highest BCUT2D eigenvalue weighted by molar-refractivity contribution is 6.06. The summed E-state index contributed by atoms with van der Waals surface area (Å²) in [5, 5.41) is 3.47. The zero-order valence-electron chi connectivity index (χ0n) is 18.7. The maximum atomic E-state index is 6.65. The van der Waals surface area contributed by atoms with Crippen LogP contribution in [0, 0.1) is 6.92 Å². The van der Waals surface area contributed by atoms with Crippen molar-refractivity contribution in [3.63, 3.8) is 0 Å². The molecule has 0 atom stereocenters. The predicted molar refractivity (Wildman–Crippen MR) is 130 cm³/mol. The molecule has 5 rings (SSSR count). The molecule has 0 aromatic heterocycles. The summed E-state index contributed by atoms with van der Waals surface area (Å²) < 4.78 is 5.48. The number of aryl methyl sites for hydroxylation is 1. The third-order valence-corrected chi connectivity index (χ3v) is 6.19. The van der Waals surface area contributed by atoms with E-state index in [2.05, 4.69) is 77.4 Å². The second-order valence-electron chi connectivity index (χ2n) is 8.28. The van der Waals surface area contributed by atoms with Crippen LogP contribution in [0.5, 0.6) is 0 Å². The van der Waals surface area contributed by atoms with Gasteiger partial charge in [0.25, 0.3) is 0 Å². The van der Waals surface area contributed by atoms with Gasteiger partial charge in [0, 0.05) is 42.0 Å². The number of fused-ring (bicyclic) bond motifs is 1. The van der Waals surface area contributed by atoms with Gasteiger partial charge in [-0.25, -0.2) is 10.4 Å². The van der Waals surface area contributed by atoms with E-state index in [9.17, 15) is 0 Å². The van der Waals surface area contributed by atoms with Crippen LogP contribution in [0.25, 0.3) is 5.70 Å². The van der Waals surface area contributed by atoms with Crippen molar-refractivity contribution in [1.82, 2.24) is 10.7 Å². The topological polar surface area (TPSA) is 86.9 Å². The molecule has 0 radical (unpaired) electrons. The van der Waals surface area contributed by atoms with E-state index >= 15 is 0 Å². The van der Waals surface area contributed by atoms with Crippen molar-refractivity contribution in [3.8, 4) is 0 Å². The van der Waals surface area contributed by atoms with E-state index in [4.69, 9.17) is 15.5 Å². The molecular weight excluding hydrogens is 400 g/mol. The number of nitrogens with one attached hydrogen (secondary N) is 3. The summed E-state index contributed by atoms with van der Waals surface area (Å²) in [7, 11) is 0. The Balaban J connectivity index is 1.55. The molecule has 166 valence electrons. The summed E-state index contributed by atoms with van der Waals surface area (Å²) in [5.74, 6) is 0.818. The lowest BCUT2D eigenvalue weighted by Gasteiger charge is -2.29. The van der Waals surface area contributed by atoms with Crippen molar-refractivity contribution < 1.29 is 4.74 Å². The molecule has 0 bridgehead atoms. The van der Waals surface area contributed by atoms with Crippen molar-refractivity contribution in [1.29, 1.82) is 0 Å². The van der Waals surface area contributed by atoms with Crippen LogP contribution in [0.4, 0.5) is 11.4 Å². The maximum absolute atomic E-state index is 6.65. The highest BCUT2D eigenvalue weighted by Gasteiger charge is 2.25. The minimum Gasteiger partial charge on any atom is -0.395 e. The minimum atomic E-state index is 0.684. The number of hydrazine groups is 1. The molecule has 3 aliphatic rings. The Morgan fingerprint density at radius 1 is 1.12 bits per heavy atom. The van der Waals surface area contributed by atoms with Gasteiger partial charge in [0.05, 0.1) is 36.0 Å². The first-order chi connectivity index (χ1) is 15.7. The van der Waals surface area contributed by atoms with Gasteiger partial charge in [-0.15, -0.1) is 0 Å². The summed E-state index contributed by atoms with van der Waals surface area (Å²) >= 11 is 0. The van der Waals surface area contributed by atoms with E-state index in [0.717, 1.165) is 78.9 Å². The molecule has 32 heavy (non-hydrogen) atoms. The molecule has 2 aromatic rings. The molecule has 1 saturated heterocycles. The van der Waals surface area contributed by atoms with E-state index in [1.807, 2.05) is 0 Å². The van der Waals surface area contributed by atoms with Crippen LogP contribution in [0.3, 0.4) is 0 Å². The molecule has 5 N–H and O–H groups in total. The van der Waals surface area contributed by atoms with E-state index in [-0.39, 0.29) is 0 Å². The highest BCUT2D eigenvalue weighted by atomic mass is 16.5. The molecule has 2 aromatic carbocycles. The lowest BCUT2D eigenvalue weighted by Crippen LogP contribution is -2.36. The standard InChI is InChI=1S/C25H30N6O/c1-3-4-21-23(26)24(22-16(2)5-10-20-19(22)15-27-30-20)29-25(28-21)17-6-8-18(9-7-17)31-11-13-32-14-12-31/h4-10,27,30H,3,11-15,26H2,1-2H3,(H,28,29)/b21-4-. The predicted octanol–water partition coefficient (Wildman–Crippen LogP) is 3.23. The number of ether oxygens (including phenoxy) is 1. The van der Waals surface area contributed by atoms with Gasteiger partial charge in [-0.05, 0) is 49.2 Å². The van der Waals surface area contributed by atoms with Crippen LogP contribution >= 0.6 is 0 Å². The molecule has 0 aliphatic carbocycles. The molecule has 7 nitrogen and oxygen atoms in total. The molecule has 1 fully saturated rings. The zero-order valence-corrected chi connectivity index (χ0v) is 18.7. The number of benzene rings is 2. The zero-order chi connectivity index (χ0) is 22.1. The first-order valence-electron chi connectivity index (χ1n) is 11.3. The number of allylic oxidation sites excluding steroid dienone is 1. The lowest BCUT2D eigenvalue weighted by molar-refractivity contribution is 0.122. The Hall–Kier alpha value is -3.29. The average Bonchev–Trinajstić information content (AvgIpc) is 3.30. The highest BCUT2D eigenvalue weighted by Crippen LogP contribution is 2.35. The Morgan fingerprint density at radius 3 is 2.66 bits per heavy atom. The minimum absolute atomic E-state index is 0.684. The summed E-state index contributed by atoms with van der Waals surface area (Å²) in [6.45, 7) is 8.37. The fraction of sp³-hybridized carbons (Fsp3) is 0.320. The largest absolute Gasteiger partial charge is 0.395 e. The summed E-state index contributed by atoms with van der Waals surface area (Å²) in [6, 6.07) is 12.8. The van der Waals surface area contributed by atoms with Crippen molar-refractivity contribution in [2.45, 2.75) is 26.8 Å². The number of rotatable bonds is 4. The Kier molecular flexibility index (Phi) is 5.59. The molecule has 0 spiro atoms. The van der Waals surface area contributed by atoms with Gasteiger partial charge in [-0.2, -0.15) is 0 Å². The second kappa shape index (κ2) is 8.68. The first kappa shape index (κ1) is 20.6. The Bertz CT molecular complexity index is 1110. The van der Waals surface area contributed by atoms with E-state index in [0.29, 0.717) is 5.70 Å². The Morgan fingerprint density at radius 2 is 1.91 bits per heavy atom. The van der Waals surface area contributed by atoms with E-state index in [1.165, 1.54) is 11.3 Å². The van der Waals surface area contributed by atoms with Crippen LogP contribution in [0.15, 0.2) is 58.9 Å². The Labute approximate surface area is 189 Å². The monoisotopic (exact) mass is 430 g/mol. The molecule has 3 heterocycles. The molecular formula is C25H30N6O. The SMILES string of the molecule is CC/C=C1\NC(c2ccc(N3CCOCC3)cc2)=NC(c2c(C)ccc3c2CNN3)=C1N. The molecule has 7 heteroatoms. The van der Waals surface area contributed by atoms with Gasteiger partial charge >= 0.3 is 0 Å². The third-order valence-electron chi connectivity index (χ3n) is 6.19. The van der Waals surface area contributed by atoms with Crippen LogP contribution < -0.4 is 26.8 Å². The van der Waals surface area contributed by atoms with Gasteiger partial charge < -0.3 is 26.1 Å². The number of hydrogen-bond acceptors (Lipinski definition) is 7. The van der Waals surface area contributed by atoms with Crippen LogP contribution in [0.1, 0.15) is 35.6 Å². The van der Waals surface area contributed by atoms with Gasteiger partial charge in [0.15, 0.2) is 0 Å². The maximum Gasteiger partial charge on any atom is 0.138 e. The van der Waals surface area contributed by atoms with Crippen LogP contribution in [-0.4, -0.2) is 32.1 Å². The van der Waals surface area contributed by atoms with E-state index in [1.54, 1.807) is 0 Å². The number of aliphatic imine (C=N–C) groups is 1. The van der Waals surface area contributed by atoms with Crippen molar-refractivity contribution in [2.75, 3.05) is 36.6 Å². The fourth-order valence-electron chi connectivity index (χ4n) is 4.49. The molecule has 0 saturated carbocycles. The molecule has 0 amide bonds. The number of amidine groups is 1. The number of anilines is 2. The smallest absolute Gasteiger partial charge is 0.138 e.